The van der Waals surface area contributed by atoms with E-state index in [1.807, 2.05) is 0 Å². The van der Waals surface area contributed by atoms with Crippen LogP contribution in [-0.2, 0) is 20.6 Å². The Bertz CT molecular complexity index is 946. The highest BCUT2D eigenvalue weighted by molar-refractivity contribution is 7.55. The van der Waals surface area contributed by atoms with Crippen molar-refractivity contribution in [2.45, 2.75) is 38.5 Å². The minimum Gasteiger partial charge on any atom is -0.480 e. The van der Waals surface area contributed by atoms with Gasteiger partial charge in [0, 0.05) is 6.54 Å². The molecule has 0 aliphatic heterocycles. The summed E-state index contributed by atoms with van der Waals surface area (Å²) in [7, 11) is -4.08. The summed E-state index contributed by atoms with van der Waals surface area (Å²) in [5.74, 6) is -1.12. The van der Waals surface area contributed by atoms with Crippen molar-refractivity contribution in [1.29, 1.82) is 0 Å². The van der Waals surface area contributed by atoms with Gasteiger partial charge in [-0.15, -0.1) is 0 Å². The molecule has 0 aliphatic rings. The van der Waals surface area contributed by atoms with Crippen LogP contribution in [0.25, 0.3) is 11.2 Å². The van der Waals surface area contributed by atoms with E-state index >= 15 is 0 Å². The van der Waals surface area contributed by atoms with Crippen molar-refractivity contribution < 1.29 is 24.1 Å². The van der Waals surface area contributed by atoms with E-state index in [9.17, 15) is 19.4 Å². The van der Waals surface area contributed by atoms with Crippen molar-refractivity contribution in [2.24, 2.45) is 16.5 Å². The molecule has 9 N–H and O–H groups in total. The maximum Gasteiger partial charge on any atom is 0.321 e. The number of nitrogen functional groups attached to an aromatic ring is 1. The number of imidazole rings is 1. The number of carboxylic acid groups (broad SMARTS) is 1. The zero-order valence-corrected chi connectivity index (χ0v) is 17.3. The first kappa shape index (κ1) is 23.5. The van der Waals surface area contributed by atoms with Crippen LogP contribution in [0.4, 0.5) is 5.82 Å². The van der Waals surface area contributed by atoms with Gasteiger partial charge < -0.3 is 36.5 Å². The van der Waals surface area contributed by atoms with E-state index in [-0.39, 0.29) is 31.3 Å². The van der Waals surface area contributed by atoms with Gasteiger partial charge in [0.2, 0.25) is 0 Å². The second-order valence-corrected chi connectivity index (χ2v) is 8.52. The molecule has 3 atom stereocenters. The number of carbonyl (C=O) groups is 1. The first-order valence-corrected chi connectivity index (χ1v) is 10.8. The fraction of sp³-hybridized carbons (Fsp3) is 0.533. The number of guanidine groups is 1. The van der Waals surface area contributed by atoms with Gasteiger partial charge in [0.25, 0.3) is 7.52 Å². The van der Waals surface area contributed by atoms with Gasteiger partial charge in [-0.2, -0.15) is 0 Å². The van der Waals surface area contributed by atoms with Gasteiger partial charge in [-0.05, 0) is 19.8 Å². The molecule has 30 heavy (non-hydrogen) atoms. The van der Waals surface area contributed by atoms with E-state index in [0.29, 0.717) is 17.6 Å². The third-order valence-electron chi connectivity index (χ3n) is 4.02. The third kappa shape index (κ3) is 6.91. The van der Waals surface area contributed by atoms with Crippen LogP contribution in [0.2, 0.25) is 0 Å². The topological polar surface area (TPSA) is 230 Å². The molecule has 0 aliphatic carbocycles. The molecule has 1 unspecified atom stereocenters. The largest absolute Gasteiger partial charge is 0.480 e. The molecule has 0 amide bonds. The predicted molar refractivity (Wildman–Crippen MR) is 109 cm³/mol. The average molecular weight is 443 g/mol. The molecule has 15 heteroatoms. The Morgan fingerprint density at radius 3 is 2.80 bits per heavy atom. The normalized spacial score (nSPS) is 15.4. The number of aliphatic imine (C=N–C) groups is 1. The number of nitrogens with two attached hydrogens (primary N) is 3. The van der Waals surface area contributed by atoms with E-state index < -0.39 is 32.0 Å². The van der Waals surface area contributed by atoms with E-state index in [0.717, 1.165) is 0 Å². The van der Waals surface area contributed by atoms with Crippen molar-refractivity contribution in [3.8, 4) is 0 Å². The summed E-state index contributed by atoms with van der Waals surface area (Å²) in [6.45, 7) is 2.19. The number of nitrogens with one attached hydrogen (secondary N) is 1. The molecule has 2 aromatic heterocycles. The summed E-state index contributed by atoms with van der Waals surface area (Å²) in [5, 5.41) is 11.5. The minimum atomic E-state index is -4.08. The standard InChI is InChI=1S/C15H26N9O5P/c1-9(5-24-7-22-11-12(16)20-6-21-13(11)24)29-8-30(27,28)23-10(14(25)26)3-2-4-19-15(17)18/h6-7,9-10H,2-5,8H2,1H3,(H,25,26)(H2,16,20,21)(H4,17,18,19)(H2,23,27,28)/t9-,10+/m1/s1. The fourth-order valence-corrected chi connectivity index (χ4v) is 3.88. The first-order valence-electron chi connectivity index (χ1n) is 9.00. The Kier molecular flexibility index (Phi) is 8.06. The highest BCUT2D eigenvalue weighted by Crippen LogP contribution is 2.37. The average Bonchev–Trinajstić information content (AvgIpc) is 3.06. The molecular formula is C15H26N9O5P. The third-order valence-corrected chi connectivity index (χ3v) is 5.23. The van der Waals surface area contributed by atoms with Gasteiger partial charge in [0.15, 0.2) is 17.4 Å². The molecule has 0 saturated heterocycles. The van der Waals surface area contributed by atoms with Crippen LogP contribution in [0, 0.1) is 0 Å². The van der Waals surface area contributed by atoms with Gasteiger partial charge in [-0.1, -0.05) is 0 Å². The van der Waals surface area contributed by atoms with Crippen LogP contribution in [0.1, 0.15) is 19.8 Å². The number of aromatic nitrogens is 4. The van der Waals surface area contributed by atoms with Crippen molar-refractivity contribution >= 4 is 36.4 Å². The van der Waals surface area contributed by atoms with Crippen LogP contribution in [0.15, 0.2) is 17.6 Å². The van der Waals surface area contributed by atoms with Crippen molar-refractivity contribution in [3.05, 3.63) is 12.7 Å². The Morgan fingerprint density at radius 2 is 2.13 bits per heavy atom. The zero-order valence-electron chi connectivity index (χ0n) is 16.4. The molecule has 0 spiro atoms. The number of hydrogen-bond donors (Lipinski definition) is 6. The minimum absolute atomic E-state index is 0.0639. The fourth-order valence-electron chi connectivity index (χ4n) is 2.62. The lowest BCUT2D eigenvalue weighted by Crippen LogP contribution is -2.36. The van der Waals surface area contributed by atoms with E-state index in [2.05, 4.69) is 25.0 Å². The lowest BCUT2D eigenvalue weighted by Gasteiger charge is -2.21. The van der Waals surface area contributed by atoms with Crippen molar-refractivity contribution in [2.75, 3.05) is 18.6 Å². The molecule has 0 radical (unpaired) electrons. The van der Waals surface area contributed by atoms with Crippen LogP contribution in [0.3, 0.4) is 0 Å². The monoisotopic (exact) mass is 443 g/mol. The maximum atomic E-state index is 12.4. The van der Waals surface area contributed by atoms with Crippen LogP contribution < -0.4 is 22.3 Å². The second-order valence-electron chi connectivity index (χ2n) is 6.60. The number of rotatable bonds is 12. The molecule has 2 rings (SSSR count). The van der Waals surface area contributed by atoms with Crippen molar-refractivity contribution in [3.63, 3.8) is 0 Å². The van der Waals surface area contributed by atoms with Crippen LogP contribution in [0.5, 0.6) is 0 Å². The van der Waals surface area contributed by atoms with E-state index in [4.69, 9.17) is 21.9 Å². The Balaban J connectivity index is 1.88. The zero-order chi connectivity index (χ0) is 22.3. The molecule has 0 bridgehead atoms. The highest BCUT2D eigenvalue weighted by Gasteiger charge is 2.28. The summed E-state index contributed by atoms with van der Waals surface area (Å²) in [6, 6.07) is -1.24. The summed E-state index contributed by atoms with van der Waals surface area (Å²) >= 11 is 0. The molecule has 2 aromatic rings. The Labute approximate surface area is 172 Å². The molecule has 14 nitrogen and oxygen atoms in total. The number of fused-ring (bicyclic) bond motifs is 1. The molecule has 2 heterocycles. The predicted octanol–water partition coefficient (Wildman–Crippen LogP) is -0.947. The molecule has 0 aromatic carbocycles. The number of ether oxygens (including phenoxy) is 1. The number of anilines is 1. The highest BCUT2D eigenvalue weighted by atomic mass is 31.2. The van der Waals surface area contributed by atoms with Gasteiger partial charge in [0.05, 0.1) is 19.0 Å². The summed E-state index contributed by atoms with van der Waals surface area (Å²) in [5.41, 5.74) is 17.1. The summed E-state index contributed by atoms with van der Waals surface area (Å²) < 4.78 is 19.5. The van der Waals surface area contributed by atoms with Crippen molar-refractivity contribution in [1.82, 2.24) is 24.6 Å². The summed E-state index contributed by atoms with van der Waals surface area (Å²) in [4.78, 5) is 37.3. The van der Waals surface area contributed by atoms with E-state index in [1.165, 1.54) is 12.7 Å². The lowest BCUT2D eigenvalue weighted by atomic mass is 10.2. The molecule has 0 saturated carbocycles. The first-order chi connectivity index (χ1) is 14.1. The van der Waals surface area contributed by atoms with Gasteiger partial charge in [-0.25, -0.2) is 20.0 Å². The quantitative estimate of drug-likeness (QED) is 0.101. The van der Waals surface area contributed by atoms with E-state index in [1.54, 1.807) is 11.5 Å². The number of aliphatic carboxylic acids is 1. The van der Waals surface area contributed by atoms with Gasteiger partial charge in [0.1, 0.15) is 24.2 Å². The van der Waals surface area contributed by atoms with Gasteiger partial charge in [-0.3, -0.25) is 14.4 Å². The Hall–Kier alpha value is -2.80. The number of hydrogen-bond acceptors (Lipinski definition) is 8. The number of carboxylic acids is 1. The second kappa shape index (κ2) is 10.3. The van der Waals surface area contributed by atoms with Crippen LogP contribution in [-0.4, -0.2) is 66.5 Å². The maximum absolute atomic E-state index is 12.4. The lowest BCUT2D eigenvalue weighted by molar-refractivity contribution is -0.139. The smallest absolute Gasteiger partial charge is 0.321 e. The van der Waals surface area contributed by atoms with Crippen LogP contribution >= 0.6 is 7.52 Å². The Morgan fingerprint density at radius 1 is 1.40 bits per heavy atom. The summed E-state index contributed by atoms with van der Waals surface area (Å²) in [6.07, 6.45) is 2.14. The number of nitrogens with zero attached hydrogens (tertiary/aromatic N) is 5. The van der Waals surface area contributed by atoms with Gasteiger partial charge >= 0.3 is 5.97 Å². The molecule has 166 valence electrons. The SMILES string of the molecule is C[C@H](Cn1cnc2c(N)ncnc21)OCP(=O)(O)N[C@@H](CCCN=C(N)N)C(=O)O. The molecular weight excluding hydrogens is 417 g/mol. The molecule has 0 fully saturated rings.